The van der Waals surface area contributed by atoms with Gasteiger partial charge in [0.05, 0.1) is 0 Å². The molecule has 88 valence electrons. The lowest BCUT2D eigenvalue weighted by atomic mass is 9.98. The molecule has 0 aliphatic rings. The third-order valence-electron chi connectivity index (χ3n) is 3.10. The standard InChI is InChI=1S/C15H16O2/c1-9-4-5-14(16)13(6-9)12-7-10(2)11(3)15(17)8-12/h4-8,16-17H,1-3H3. The highest BCUT2D eigenvalue weighted by Crippen LogP contribution is 2.34. The SMILES string of the molecule is Cc1ccc(O)c(-c2cc(C)c(C)c(O)c2)c1. The highest BCUT2D eigenvalue weighted by atomic mass is 16.3. The maximum atomic E-state index is 9.86. The molecule has 0 aliphatic carbocycles. The van der Waals surface area contributed by atoms with E-state index in [9.17, 15) is 10.2 Å². The first-order valence-corrected chi connectivity index (χ1v) is 5.59. The van der Waals surface area contributed by atoms with Gasteiger partial charge >= 0.3 is 0 Å². The number of aryl methyl sites for hydroxylation is 2. The van der Waals surface area contributed by atoms with E-state index in [-0.39, 0.29) is 11.5 Å². The average Bonchev–Trinajstić information content (AvgIpc) is 2.28. The van der Waals surface area contributed by atoms with Crippen LogP contribution < -0.4 is 0 Å². The molecular weight excluding hydrogens is 212 g/mol. The molecule has 0 radical (unpaired) electrons. The molecule has 0 atom stereocenters. The van der Waals surface area contributed by atoms with E-state index in [1.54, 1.807) is 12.1 Å². The Morgan fingerprint density at radius 3 is 2.18 bits per heavy atom. The van der Waals surface area contributed by atoms with E-state index >= 15 is 0 Å². The van der Waals surface area contributed by atoms with E-state index in [0.717, 1.165) is 27.8 Å². The minimum Gasteiger partial charge on any atom is -0.508 e. The second-order valence-electron chi connectivity index (χ2n) is 4.46. The summed E-state index contributed by atoms with van der Waals surface area (Å²) >= 11 is 0. The predicted molar refractivity (Wildman–Crippen MR) is 69.4 cm³/mol. The lowest BCUT2D eigenvalue weighted by molar-refractivity contribution is 0.470. The summed E-state index contributed by atoms with van der Waals surface area (Å²) in [5.74, 6) is 0.499. The van der Waals surface area contributed by atoms with Crippen LogP contribution in [0.1, 0.15) is 16.7 Å². The number of hydrogen-bond acceptors (Lipinski definition) is 2. The quantitative estimate of drug-likeness (QED) is 0.781. The van der Waals surface area contributed by atoms with Crippen LogP contribution in [0.25, 0.3) is 11.1 Å². The van der Waals surface area contributed by atoms with Crippen molar-refractivity contribution in [3.8, 4) is 22.6 Å². The summed E-state index contributed by atoms with van der Waals surface area (Å²) < 4.78 is 0. The minimum atomic E-state index is 0.234. The second kappa shape index (κ2) is 4.13. The van der Waals surface area contributed by atoms with Gasteiger partial charge in [-0.25, -0.2) is 0 Å². The Labute approximate surface area is 101 Å². The normalized spacial score (nSPS) is 10.5. The molecule has 2 rings (SSSR count). The van der Waals surface area contributed by atoms with Crippen LogP contribution >= 0.6 is 0 Å². The van der Waals surface area contributed by atoms with Gasteiger partial charge < -0.3 is 10.2 Å². The summed E-state index contributed by atoms with van der Waals surface area (Å²) in [6.45, 7) is 5.81. The fourth-order valence-corrected chi connectivity index (χ4v) is 1.88. The van der Waals surface area contributed by atoms with Crippen LogP contribution in [0.5, 0.6) is 11.5 Å². The van der Waals surface area contributed by atoms with Gasteiger partial charge in [0.1, 0.15) is 11.5 Å². The number of phenolic OH excluding ortho intramolecular Hbond substituents is 2. The van der Waals surface area contributed by atoms with Crippen molar-refractivity contribution < 1.29 is 10.2 Å². The number of aromatic hydroxyl groups is 2. The molecule has 2 N–H and O–H groups in total. The van der Waals surface area contributed by atoms with Gasteiger partial charge in [0.25, 0.3) is 0 Å². The van der Waals surface area contributed by atoms with Crippen molar-refractivity contribution in [2.24, 2.45) is 0 Å². The topological polar surface area (TPSA) is 40.5 Å². The molecule has 0 heterocycles. The van der Waals surface area contributed by atoms with Crippen LogP contribution in [0.2, 0.25) is 0 Å². The lowest BCUT2D eigenvalue weighted by Gasteiger charge is -2.10. The van der Waals surface area contributed by atoms with E-state index in [1.807, 2.05) is 39.0 Å². The fourth-order valence-electron chi connectivity index (χ4n) is 1.88. The molecule has 0 bridgehead atoms. The van der Waals surface area contributed by atoms with Crippen LogP contribution in [-0.2, 0) is 0 Å². The molecule has 2 aromatic carbocycles. The van der Waals surface area contributed by atoms with E-state index in [4.69, 9.17) is 0 Å². The van der Waals surface area contributed by atoms with E-state index in [2.05, 4.69) is 0 Å². The molecule has 0 aliphatic heterocycles. The van der Waals surface area contributed by atoms with Crippen molar-refractivity contribution >= 4 is 0 Å². The Hall–Kier alpha value is -1.96. The monoisotopic (exact) mass is 228 g/mol. The Morgan fingerprint density at radius 2 is 1.53 bits per heavy atom. The third kappa shape index (κ3) is 2.11. The van der Waals surface area contributed by atoms with Crippen molar-refractivity contribution in [1.82, 2.24) is 0 Å². The molecule has 0 saturated carbocycles. The molecule has 2 aromatic rings. The predicted octanol–water partition coefficient (Wildman–Crippen LogP) is 3.69. The summed E-state index contributed by atoms with van der Waals surface area (Å²) in [6, 6.07) is 9.12. The first kappa shape index (κ1) is 11.5. The fraction of sp³-hybridized carbons (Fsp3) is 0.200. The van der Waals surface area contributed by atoms with Crippen molar-refractivity contribution in [2.45, 2.75) is 20.8 Å². The Morgan fingerprint density at radius 1 is 0.824 bits per heavy atom. The van der Waals surface area contributed by atoms with E-state index < -0.39 is 0 Å². The molecule has 2 heteroatoms. The maximum Gasteiger partial charge on any atom is 0.123 e. The molecule has 0 aromatic heterocycles. The number of hydrogen-bond donors (Lipinski definition) is 2. The van der Waals surface area contributed by atoms with Crippen molar-refractivity contribution in [1.29, 1.82) is 0 Å². The van der Waals surface area contributed by atoms with Crippen LogP contribution in [0.3, 0.4) is 0 Å². The van der Waals surface area contributed by atoms with Crippen molar-refractivity contribution in [2.75, 3.05) is 0 Å². The number of rotatable bonds is 1. The Kier molecular flexibility index (Phi) is 2.80. The van der Waals surface area contributed by atoms with Crippen LogP contribution in [0, 0.1) is 20.8 Å². The summed E-state index contributed by atoms with van der Waals surface area (Å²) in [6.07, 6.45) is 0. The second-order valence-corrected chi connectivity index (χ2v) is 4.46. The molecule has 0 spiro atoms. The molecular formula is C15H16O2. The van der Waals surface area contributed by atoms with Crippen LogP contribution in [-0.4, -0.2) is 10.2 Å². The Balaban J connectivity index is 2.64. The van der Waals surface area contributed by atoms with Gasteiger partial charge in [-0.15, -0.1) is 0 Å². The summed E-state index contributed by atoms with van der Waals surface area (Å²) in [5.41, 5.74) is 4.56. The van der Waals surface area contributed by atoms with E-state index in [1.165, 1.54) is 0 Å². The van der Waals surface area contributed by atoms with Gasteiger partial charge in [-0.05, 0) is 55.7 Å². The van der Waals surface area contributed by atoms with Gasteiger partial charge in [-0.3, -0.25) is 0 Å². The van der Waals surface area contributed by atoms with Gasteiger partial charge in [0.2, 0.25) is 0 Å². The van der Waals surface area contributed by atoms with Crippen molar-refractivity contribution in [3.63, 3.8) is 0 Å². The molecule has 0 amide bonds. The largest absolute Gasteiger partial charge is 0.508 e. The molecule has 17 heavy (non-hydrogen) atoms. The van der Waals surface area contributed by atoms with E-state index in [0.29, 0.717) is 0 Å². The first-order chi connectivity index (χ1) is 7.99. The van der Waals surface area contributed by atoms with Crippen molar-refractivity contribution in [3.05, 3.63) is 47.0 Å². The number of phenols is 2. The zero-order valence-corrected chi connectivity index (χ0v) is 10.3. The smallest absolute Gasteiger partial charge is 0.123 e. The zero-order chi connectivity index (χ0) is 12.6. The first-order valence-electron chi connectivity index (χ1n) is 5.59. The average molecular weight is 228 g/mol. The van der Waals surface area contributed by atoms with Gasteiger partial charge in [0, 0.05) is 5.56 Å². The molecule has 0 fully saturated rings. The van der Waals surface area contributed by atoms with Crippen LogP contribution in [0.4, 0.5) is 0 Å². The molecule has 0 saturated heterocycles. The summed E-state index contributed by atoms with van der Waals surface area (Å²) in [4.78, 5) is 0. The van der Waals surface area contributed by atoms with Gasteiger partial charge in [-0.2, -0.15) is 0 Å². The minimum absolute atomic E-state index is 0.234. The molecule has 0 unspecified atom stereocenters. The summed E-state index contributed by atoms with van der Waals surface area (Å²) in [5, 5.41) is 19.7. The van der Waals surface area contributed by atoms with Crippen LogP contribution in [0.15, 0.2) is 30.3 Å². The highest BCUT2D eigenvalue weighted by molar-refractivity contribution is 5.73. The van der Waals surface area contributed by atoms with Gasteiger partial charge in [0.15, 0.2) is 0 Å². The van der Waals surface area contributed by atoms with Gasteiger partial charge in [-0.1, -0.05) is 17.7 Å². The highest BCUT2D eigenvalue weighted by Gasteiger charge is 2.08. The lowest BCUT2D eigenvalue weighted by Crippen LogP contribution is -1.86. The number of benzene rings is 2. The third-order valence-corrected chi connectivity index (χ3v) is 3.10. The molecule has 2 nitrogen and oxygen atoms in total. The zero-order valence-electron chi connectivity index (χ0n) is 10.3. The Bertz CT molecular complexity index is 548. The maximum absolute atomic E-state index is 9.86. The summed E-state index contributed by atoms with van der Waals surface area (Å²) in [7, 11) is 0.